The van der Waals surface area contributed by atoms with E-state index in [1.807, 2.05) is 0 Å². The number of rotatable bonds is 3. The maximum Gasteiger partial charge on any atom is 0.270 e. The van der Waals surface area contributed by atoms with Crippen molar-refractivity contribution in [2.45, 2.75) is 25.4 Å². The molecule has 0 heterocycles. The molecule has 0 spiro atoms. The average Bonchev–Trinajstić information content (AvgIpc) is 2.17. The third kappa shape index (κ3) is 1.85. The number of benzene rings is 1. The zero-order chi connectivity index (χ0) is 10.8. The van der Waals surface area contributed by atoms with Gasteiger partial charge >= 0.3 is 0 Å². The molecule has 0 aliphatic carbocycles. The van der Waals surface area contributed by atoms with E-state index in [2.05, 4.69) is 0 Å². The van der Waals surface area contributed by atoms with E-state index >= 15 is 0 Å². The lowest BCUT2D eigenvalue weighted by atomic mass is 9.91. The largest absolute Gasteiger partial charge is 0.508 e. The van der Waals surface area contributed by atoms with E-state index in [1.165, 1.54) is 31.2 Å². The van der Waals surface area contributed by atoms with Crippen LogP contribution in [0.2, 0.25) is 0 Å². The van der Waals surface area contributed by atoms with Crippen molar-refractivity contribution in [3.05, 3.63) is 29.8 Å². The van der Waals surface area contributed by atoms with Crippen LogP contribution in [0, 0.1) is 0 Å². The van der Waals surface area contributed by atoms with Crippen LogP contribution in [0.4, 0.5) is 8.78 Å². The highest BCUT2D eigenvalue weighted by Gasteiger charge is 2.37. The maximum atomic E-state index is 12.6. The number of phenolic OH excluding ortho intramolecular Hbond substituents is 1. The molecule has 0 saturated heterocycles. The Morgan fingerprint density at radius 1 is 1.29 bits per heavy atom. The van der Waals surface area contributed by atoms with E-state index < -0.39 is 12.0 Å². The Kier molecular flexibility index (Phi) is 3.06. The summed E-state index contributed by atoms with van der Waals surface area (Å²) < 4.78 is 25.1. The van der Waals surface area contributed by atoms with E-state index in [4.69, 9.17) is 5.11 Å². The second kappa shape index (κ2) is 3.92. The summed E-state index contributed by atoms with van der Waals surface area (Å²) in [5.74, 6) is -0.0125. The third-order valence-electron chi connectivity index (χ3n) is 2.27. The topological polar surface area (TPSA) is 40.5 Å². The molecule has 0 saturated carbocycles. The number of hydrogen-bond donors (Lipinski definition) is 2. The number of aromatic hydroxyl groups is 1. The molecule has 1 rings (SSSR count). The standard InChI is InChI=1S/C10H12F2O2/c1-2-10(14,9(11)12)7-3-5-8(13)6-4-7/h3-6,9,13-14H,2H2,1H3. The smallest absolute Gasteiger partial charge is 0.270 e. The first-order chi connectivity index (χ1) is 6.50. The SMILES string of the molecule is CCC(O)(c1ccc(O)cc1)C(F)F. The Morgan fingerprint density at radius 2 is 1.79 bits per heavy atom. The highest BCUT2D eigenvalue weighted by Crippen LogP contribution is 2.32. The lowest BCUT2D eigenvalue weighted by Crippen LogP contribution is -2.33. The highest BCUT2D eigenvalue weighted by atomic mass is 19.3. The van der Waals surface area contributed by atoms with Crippen LogP contribution in [0.15, 0.2) is 24.3 Å². The van der Waals surface area contributed by atoms with Crippen molar-refractivity contribution >= 4 is 0 Å². The summed E-state index contributed by atoms with van der Waals surface area (Å²) in [6, 6.07) is 5.15. The number of hydrogen-bond acceptors (Lipinski definition) is 2. The van der Waals surface area contributed by atoms with Crippen LogP contribution >= 0.6 is 0 Å². The minimum absolute atomic E-state index is 0.0125. The van der Waals surface area contributed by atoms with Gasteiger partial charge in [-0.2, -0.15) is 0 Å². The Labute approximate surface area is 80.8 Å². The number of aliphatic hydroxyl groups is 1. The van der Waals surface area contributed by atoms with Crippen LogP contribution in [-0.4, -0.2) is 16.6 Å². The monoisotopic (exact) mass is 202 g/mol. The fourth-order valence-corrected chi connectivity index (χ4v) is 1.23. The predicted molar refractivity (Wildman–Crippen MR) is 48.3 cm³/mol. The Bertz CT molecular complexity index is 297. The number of phenols is 1. The second-order valence-corrected chi connectivity index (χ2v) is 3.13. The van der Waals surface area contributed by atoms with Crippen LogP contribution in [0.1, 0.15) is 18.9 Å². The van der Waals surface area contributed by atoms with Gasteiger partial charge in [-0.05, 0) is 24.1 Å². The fourth-order valence-electron chi connectivity index (χ4n) is 1.23. The molecule has 0 fully saturated rings. The van der Waals surface area contributed by atoms with E-state index in [0.29, 0.717) is 0 Å². The molecule has 2 N–H and O–H groups in total. The minimum atomic E-state index is -2.84. The van der Waals surface area contributed by atoms with Crippen molar-refractivity contribution in [2.24, 2.45) is 0 Å². The summed E-state index contributed by atoms with van der Waals surface area (Å²) >= 11 is 0. The Balaban J connectivity index is 3.06. The highest BCUT2D eigenvalue weighted by molar-refractivity contribution is 5.30. The van der Waals surface area contributed by atoms with Crippen molar-refractivity contribution in [2.75, 3.05) is 0 Å². The molecule has 1 atom stereocenters. The van der Waals surface area contributed by atoms with Gasteiger partial charge in [-0.25, -0.2) is 8.78 Å². The van der Waals surface area contributed by atoms with Crippen LogP contribution in [0.3, 0.4) is 0 Å². The van der Waals surface area contributed by atoms with Crippen molar-refractivity contribution in [3.63, 3.8) is 0 Å². The van der Waals surface area contributed by atoms with Gasteiger partial charge in [0.15, 0.2) is 0 Å². The quantitative estimate of drug-likeness (QED) is 0.789. The molecule has 78 valence electrons. The lowest BCUT2D eigenvalue weighted by Gasteiger charge is -2.26. The van der Waals surface area contributed by atoms with Crippen molar-refractivity contribution in [1.82, 2.24) is 0 Å². The van der Waals surface area contributed by atoms with Gasteiger partial charge in [-0.3, -0.25) is 0 Å². The molecule has 0 aliphatic rings. The zero-order valence-electron chi connectivity index (χ0n) is 7.74. The number of halogens is 2. The lowest BCUT2D eigenvalue weighted by molar-refractivity contribution is -0.104. The van der Waals surface area contributed by atoms with Crippen LogP contribution in [-0.2, 0) is 5.60 Å². The van der Waals surface area contributed by atoms with Gasteiger partial charge in [0, 0.05) is 0 Å². The molecular weight excluding hydrogens is 190 g/mol. The summed E-state index contributed by atoms with van der Waals surface area (Å²) in [6.07, 6.45) is -2.91. The van der Waals surface area contributed by atoms with Gasteiger partial charge in [0.1, 0.15) is 11.4 Å². The zero-order valence-corrected chi connectivity index (χ0v) is 7.74. The normalized spacial score (nSPS) is 15.5. The Morgan fingerprint density at radius 3 is 2.14 bits per heavy atom. The van der Waals surface area contributed by atoms with E-state index in [0.717, 1.165) is 0 Å². The molecule has 0 bridgehead atoms. The van der Waals surface area contributed by atoms with Crippen molar-refractivity contribution in [3.8, 4) is 5.75 Å². The fraction of sp³-hybridized carbons (Fsp3) is 0.400. The molecule has 0 amide bonds. The summed E-state index contributed by atoms with van der Waals surface area (Å²) in [6.45, 7) is 1.49. The maximum absolute atomic E-state index is 12.6. The minimum Gasteiger partial charge on any atom is -0.508 e. The second-order valence-electron chi connectivity index (χ2n) is 3.13. The summed E-state index contributed by atoms with van der Waals surface area (Å²) in [5.41, 5.74) is -2.00. The van der Waals surface area contributed by atoms with Gasteiger partial charge in [0.25, 0.3) is 6.43 Å². The number of alkyl halides is 2. The molecular formula is C10H12F2O2. The van der Waals surface area contributed by atoms with Crippen LogP contribution in [0.5, 0.6) is 5.75 Å². The van der Waals surface area contributed by atoms with Gasteiger partial charge in [0.05, 0.1) is 0 Å². The van der Waals surface area contributed by atoms with Gasteiger partial charge < -0.3 is 10.2 Å². The van der Waals surface area contributed by atoms with E-state index in [-0.39, 0.29) is 17.7 Å². The average molecular weight is 202 g/mol. The first kappa shape index (κ1) is 10.9. The summed E-state index contributed by atoms with van der Waals surface area (Å²) in [5, 5.41) is 18.6. The first-order valence-corrected chi connectivity index (χ1v) is 4.30. The van der Waals surface area contributed by atoms with Crippen LogP contribution in [0.25, 0.3) is 0 Å². The molecule has 14 heavy (non-hydrogen) atoms. The van der Waals surface area contributed by atoms with Gasteiger partial charge in [0.2, 0.25) is 0 Å². The van der Waals surface area contributed by atoms with Crippen molar-refractivity contribution in [1.29, 1.82) is 0 Å². The molecule has 0 aromatic heterocycles. The summed E-state index contributed by atoms with van der Waals surface area (Å²) in [4.78, 5) is 0. The Hall–Kier alpha value is -1.16. The molecule has 2 nitrogen and oxygen atoms in total. The molecule has 1 aromatic carbocycles. The molecule has 4 heteroatoms. The first-order valence-electron chi connectivity index (χ1n) is 4.30. The van der Waals surface area contributed by atoms with Crippen LogP contribution < -0.4 is 0 Å². The van der Waals surface area contributed by atoms with Gasteiger partial charge in [-0.15, -0.1) is 0 Å². The van der Waals surface area contributed by atoms with Gasteiger partial charge in [-0.1, -0.05) is 19.1 Å². The third-order valence-corrected chi connectivity index (χ3v) is 2.27. The molecule has 0 aliphatic heterocycles. The van der Waals surface area contributed by atoms with E-state index in [1.54, 1.807) is 0 Å². The molecule has 1 unspecified atom stereocenters. The predicted octanol–water partition coefficient (Wildman–Crippen LogP) is 2.25. The summed E-state index contributed by atoms with van der Waals surface area (Å²) in [7, 11) is 0. The van der Waals surface area contributed by atoms with Crippen molar-refractivity contribution < 1.29 is 19.0 Å². The molecule has 1 aromatic rings. The molecule has 0 radical (unpaired) electrons. The van der Waals surface area contributed by atoms with E-state index in [9.17, 15) is 13.9 Å².